The second-order valence-corrected chi connectivity index (χ2v) is 6.26. The zero-order valence-corrected chi connectivity index (χ0v) is 11.3. The van der Waals surface area contributed by atoms with Gasteiger partial charge in [0.1, 0.15) is 0 Å². The fourth-order valence-corrected chi connectivity index (χ4v) is 4.15. The Morgan fingerprint density at radius 2 is 2.00 bits per heavy atom. The lowest BCUT2D eigenvalue weighted by molar-refractivity contribution is -0.138. The summed E-state index contributed by atoms with van der Waals surface area (Å²) in [6, 6.07) is 0.397. The van der Waals surface area contributed by atoms with Crippen LogP contribution >= 0.6 is 11.8 Å². The van der Waals surface area contributed by atoms with Crippen LogP contribution in [0.15, 0.2) is 0 Å². The Morgan fingerprint density at radius 1 is 1.24 bits per heavy atom. The minimum atomic E-state index is 0.0993. The summed E-state index contributed by atoms with van der Waals surface area (Å²) in [7, 11) is 0. The number of carbonyl (C=O) groups excluding carboxylic acids is 1. The molecule has 0 radical (unpaired) electrons. The number of hydrogen-bond donors (Lipinski definition) is 1. The molecule has 98 valence electrons. The number of rotatable bonds is 4. The molecule has 1 amide bonds. The maximum Gasteiger partial charge on any atom is 0.226 e. The summed E-state index contributed by atoms with van der Waals surface area (Å²) >= 11 is 1.88. The van der Waals surface area contributed by atoms with Gasteiger partial charge < -0.3 is 10.0 Å². The van der Waals surface area contributed by atoms with E-state index in [-0.39, 0.29) is 12.5 Å². The van der Waals surface area contributed by atoms with Gasteiger partial charge in [-0.15, -0.1) is 0 Å². The van der Waals surface area contributed by atoms with E-state index in [4.69, 9.17) is 5.11 Å². The third-order valence-electron chi connectivity index (χ3n) is 3.92. The summed E-state index contributed by atoms with van der Waals surface area (Å²) in [5, 5.41) is 9.16. The molecule has 1 aliphatic heterocycles. The van der Waals surface area contributed by atoms with Gasteiger partial charge in [0, 0.05) is 24.3 Å². The molecule has 0 aromatic rings. The molecule has 1 unspecified atom stereocenters. The van der Waals surface area contributed by atoms with Crippen LogP contribution in [0.3, 0.4) is 0 Å². The Bertz CT molecular complexity index is 248. The molecule has 1 atom stereocenters. The van der Waals surface area contributed by atoms with Crippen molar-refractivity contribution in [2.75, 3.05) is 24.7 Å². The minimum absolute atomic E-state index is 0.0993. The van der Waals surface area contributed by atoms with Crippen molar-refractivity contribution in [2.45, 2.75) is 44.6 Å². The third kappa shape index (κ3) is 3.38. The fraction of sp³-hybridized carbons (Fsp3) is 0.923. The van der Waals surface area contributed by atoms with E-state index in [0.717, 1.165) is 30.8 Å². The Hall–Kier alpha value is -0.220. The van der Waals surface area contributed by atoms with Gasteiger partial charge >= 0.3 is 0 Å². The van der Waals surface area contributed by atoms with Gasteiger partial charge in [-0.1, -0.05) is 19.3 Å². The fourth-order valence-electron chi connectivity index (χ4n) is 2.94. The number of aliphatic hydroxyl groups excluding tert-OH is 1. The van der Waals surface area contributed by atoms with Crippen molar-refractivity contribution in [3.8, 4) is 0 Å². The molecule has 2 fully saturated rings. The first-order chi connectivity index (χ1) is 8.33. The van der Waals surface area contributed by atoms with E-state index in [9.17, 15) is 4.79 Å². The number of aliphatic hydroxyl groups is 1. The average molecular weight is 257 g/mol. The monoisotopic (exact) mass is 257 g/mol. The lowest BCUT2D eigenvalue weighted by atomic mass is 9.93. The highest BCUT2D eigenvalue weighted by Gasteiger charge is 2.31. The Balaban J connectivity index is 1.96. The average Bonchev–Trinajstić information content (AvgIpc) is 2.90. The predicted molar refractivity (Wildman–Crippen MR) is 71.1 cm³/mol. The molecule has 0 aromatic heterocycles. The molecule has 3 nitrogen and oxygen atoms in total. The zero-order chi connectivity index (χ0) is 12.1. The highest BCUT2D eigenvalue weighted by molar-refractivity contribution is 7.99. The molecule has 1 saturated heterocycles. The summed E-state index contributed by atoms with van der Waals surface area (Å²) < 4.78 is 0. The molecule has 1 N–H and O–H groups in total. The van der Waals surface area contributed by atoms with Crippen molar-refractivity contribution < 1.29 is 9.90 Å². The molecular weight excluding hydrogens is 234 g/mol. The van der Waals surface area contributed by atoms with Gasteiger partial charge in [0.15, 0.2) is 0 Å². The summed E-state index contributed by atoms with van der Waals surface area (Å²) in [6.07, 6.45) is 7.06. The number of hydrogen-bond acceptors (Lipinski definition) is 3. The smallest absolute Gasteiger partial charge is 0.226 e. The van der Waals surface area contributed by atoms with Crippen LogP contribution in [0.2, 0.25) is 0 Å². The standard InChI is InChI=1S/C13H23NO2S/c15-8-7-14(12-4-2-1-3-5-12)13(16)11-6-9-17-10-11/h11-12,15H,1-10H2. The highest BCUT2D eigenvalue weighted by atomic mass is 32.2. The van der Waals surface area contributed by atoms with E-state index in [1.807, 2.05) is 16.7 Å². The topological polar surface area (TPSA) is 40.5 Å². The Morgan fingerprint density at radius 3 is 2.59 bits per heavy atom. The number of carbonyl (C=O) groups is 1. The molecule has 1 saturated carbocycles. The van der Waals surface area contributed by atoms with Gasteiger partial charge in [0.2, 0.25) is 5.91 Å². The Labute approximate surface area is 108 Å². The SMILES string of the molecule is O=C(C1CCSC1)N(CCO)C1CCCCC1. The van der Waals surface area contributed by atoms with Crippen LogP contribution in [0.4, 0.5) is 0 Å². The molecule has 17 heavy (non-hydrogen) atoms. The van der Waals surface area contributed by atoms with Crippen molar-refractivity contribution >= 4 is 17.7 Å². The first kappa shape index (κ1) is 13.2. The lowest BCUT2D eigenvalue weighted by Crippen LogP contribution is -2.46. The molecule has 1 aliphatic carbocycles. The second-order valence-electron chi connectivity index (χ2n) is 5.11. The zero-order valence-electron chi connectivity index (χ0n) is 10.4. The maximum atomic E-state index is 12.4. The van der Waals surface area contributed by atoms with Crippen molar-refractivity contribution in [1.29, 1.82) is 0 Å². The lowest BCUT2D eigenvalue weighted by Gasteiger charge is -2.35. The number of amides is 1. The van der Waals surface area contributed by atoms with E-state index in [0.29, 0.717) is 18.5 Å². The van der Waals surface area contributed by atoms with Crippen molar-refractivity contribution in [1.82, 2.24) is 4.90 Å². The minimum Gasteiger partial charge on any atom is -0.395 e. The Kier molecular flexibility index (Phi) is 5.16. The van der Waals surface area contributed by atoms with Crippen molar-refractivity contribution in [2.24, 2.45) is 5.92 Å². The van der Waals surface area contributed by atoms with Crippen LogP contribution in [-0.4, -0.2) is 46.6 Å². The van der Waals surface area contributed by atoms with E-state index in [1.165, 1.54) is 19.3 Å². The molecular formula is C13H23NO2S. The van der Waals surface area contributed by atoms with E-state index >= 15 is 0 Å². The quantitative estimate of drug-likeness (QED) is 0.836. The summed E-state index contributed by atoms with van der Waals surface area (Å²) in [5.41, 5.74) is 0. The summed E-state index contributed by atoms with van der Waals surface area (Å²) in [4.78, 5) is 14.4. The van der Waals surface area contributed by atoms with Gasteiger partial charge in [-0.05, 0) is 25.0 Å². The van der Waals surface area contributed by atoms with Gasteiger partial charge in [-0.2, -0.15) is 11.8 Å². The van der Waals surface area contributed by atoms with Gasteiger partial charge in [-0.25, -0.2) is 0 Å². The van der Waals surface area contributed by atoms with Crippen LogP contribution in [-0.2, 0) is 4.79 Å². The van der Waals surface area contributed by atoms with Crippen LogP contribution in [0, 0.1) is 5.92 Å². The first-order valence-corrected chi connectivity index (χ1v) is 7.97. The van der Waals surface area contributed by atoms with Crippen LogP contribution < -0.4 is 0 Å². The van der Waals surface area contributed by atoms with Gasteiger partial charge in [0.05, 0.1) is 6.61 Å². The van der Waals surface area contributed by atoms with Crippen LogP contribution in [0.25, 0.3) is 0 Å². The van der Waals surface area contributed by atoms with Gasteiger partial charge in [-0.3, -0.25) is 4.79 Å². The highest BCUT2D eigenvalue weighted by Crippen LogP contribution is 2.29. The predicted octanol–water partition coefficient (Wildman–Crippen LogP) is 1.89. The van der Waals surface area contributed by atoms with Crippen molar-refractivity contribution in [3.63, 3.8) is 0 Å². The van der Waals surface area contributed by atoms with Crippen LogP contribution in [0.5, 0.6) is 0 Å². The molecule has 2 aliphatic rings. The molecule has 1 heterocycles. The van der Waals surface area contributed by atoms with Crippen LogP contribution in [0.1, 0.15) is 38.5 Å². The number of thioether (sulfide) groups is 1. The van der Waals surface area contributed by atoms with Gasteiger partial charge in [0.25, 0.3) is 0 Å². The number of nitrogens with zero attached hydrogens (tertiary/aromatic N) is 1. The molecule has 0 aromatic carbocycles. The van der Waals surface area contributed by atoms with E-state index in [1.54, 1.807) is 0 Å². The van der Waals surface area contributed by atoms with E-state index < -0.39 is 0 Å². The van der Waals surface area contributed by atoms with E-state index in [2.05, 4.69) is 0 Å². The second kappa shape index (κ2) is 6.64. The maximum absolute atomic E-state index is 12.4. The van der Waals surface area contributed by atoms with Crippen molar-refractivity contribution in [3.05, 3.63) is 0 Å². The normalized spacial score (nSPS) is 26.1. The first-order valence-electron chi connectivity index (χ1n) is 6.82. The molecule has 2 rings (SSSR count). The molecule has 0 spiro atoms. The summed E-state index contributed by atoms with van der Waals surface area (Å²) in [6.45, 7) is 0.632. The summed E-state index contributed by atoms with van der Waals surface area (Å²) in [5.74, 6) is 2.62. The molecule has 4 heteroatoms. The largest absolute Gasteiger partial charge is 0.395 e. The third-order valence-corrected chi connectivity index (χ3v) is 5.08. The molecule has 0 bridgehead atoms.